The van der Waals surface area contributed by atoms with Crippen LogP contribution in [0.5, 0.6) is 0 Å². The summed E-state index contributed by atoms with van der Waals surface area (Å²) in [6, 6.07) is 5.43. The number of aromatic nitrogens is 4. The van der Waals surface area contributed by atoms with Gasteiger partial charge in [-0.3, -0.25) is 19.5 Å². The second-order valence-electron chi connectivity index (χ2n) is 16.3. The SMILES string of the molecule is CC(C)n1cnc2cc(-c3cnc4c(c3)N(C3CC(C)(N5CCCCC5)C3)C(=O)C4(C)C)nc(Nc3cc(C(=O)NC4(C(F)F)CC4)cc(F)c3F)c21. The number of pyridine rings is 2. The molecule has 2 aliphatic heterocycles. The molecule has 2 saturated carbocycles. The number of alkyl halides is 2. The van der Waals surface area contributed by atoms with Gasteiger partial charge < -0.3 is 20.1 Å². The number of anilines is 3. The summed E-state index contributed by atoms with van der Waals surface area (Å²) in [5.74, 6) is -3.38. The largest absolute Gasteiger partial charge is 0.341 e. The van der Waals surface area contributed by atoms with Crippen molar-refractivity contribution in [2.45, 2.75) is 115 Å². The van der Waals surface area contributed by atoms with E-state index in [4.69, 9.17) is 9.97 Å². The molecule has 1 saturated heterocycles. The van der Waals surface area contributed by atoms with Crippen LogP contribution in [0, 0.1) is 11.6 Å². The van der Waals surface area contributed by atoms with E-state index in [-0.39, 0.29) is 47.8 Å². The number of rotatable bonds is 9. The molecule has 280 valence electrons. The minimum absolute atomic E-state index is 0.00636. The quantitative estimate of drug-likeness (QED) is 0.170. The first-order chi connectivity index (χ1) is 25.1. The van der Waals surface area contributed by atoms with Gasteiger partial charge in [0.2, 0.25) is 5.91 Å². The van der Waals surface area contributed by atoms with Gasteiger partial charge in [0.15, 0.2) is 17.5 Å². The van der Waals surface area contributed by atoms with Crippen molar-refractivity contribution in [1.82, 2.24) is 29.7 Å². The number of carbonyl (C=O) groups excluding carboxylic acids is 2. The van der Waals surface area contributed by atoms with Crippen LogP contribution in [-0.4, -0.2) is 72.9 Å². The monoisotopic (exact) mass is 732 g/mol. The molecule has 10 nitrogen and oxygen atoms in total. The molecule has 0 radical (unpaired) electrons. The molecule has 14 heteroatoms. The number of carbonyl (C=O) groups is 2. The lowest BCUT2D eigenvalue weighted by atomic mass is 9.71. The Bertz CT molecular complexity index is 2130. The van der Waals surface area contributed by atoms with E-state index in [1.54, 1.807) is 18.6 Å². The lowest BCUT2D eigenvalue weighted by Gasteiger charge is -2.55. The van der Waals surface area contributed by atoms with E-state index in [0.717, 1.165) is 37.7 Å². The van der Waals surface area contributed by atoms with Gasteiger partial charge in [-0.1, -0.05) is 6.42 Å². The number of halogens is 4. The van der Waals surface area contributed by atoms with E-state index in [2.05, 4.69) is 27.4 Å². The first-order valence-corrected chi connectivity index (χ1v) is 18.5. The summed E-state index contributed by atoms with van der Waals surface area (Å²) in [5.41, 5.74) is 0.317. The van der Waals surface area contributed by atoms with Gasteiger partial charge >= 0.3 is 0 Å². The Morgan fingerprint density at radius 1 is 0.981 bits per heavy atom. The van der Waals surface area contributed by atoms with Crippen LogP contribution in [0.4, 0.5) is 34.8 Å². The maximum absolute atomic E-state index is 15.4. The summed E-state index contributed by atoms with van der Waals surface area (Å²) < 4.78 is 59.4. The molecule has 4 aromatic rings. The molecule has 4 aliphatic rings. The first-order valence-electron chi connectivity index (χ1n) is 18.5. The predicted octanol–water partition coefficient (Wildman–Crippen LogP) is 7.65. The molecule has 5 heterocycles. The van der Waals surface area contributed by atoms with Gasteiger partial charge in [-0.05, 0) is 110 Å². The molecule has 53 heavy (non-hydrogen) atoms. The number of likely N-dealkylation sites (tertiary alicyclic amines) is 1. The average Bonchev–Trinajstić information content (AvgIpc) is 3.72. The highest BCUT2D eigenvalue weighted by atomic mass is 19.3. The van der Waals surface area contributed by atoms with E-state index in [1.165, 1.54) is 19.3 Å². The maximum atomic E-state index is 15.4. The van der Waals surface area contributed by atoms with Gasteiger partial charge in [-0.15, -0.1) is 0 Å². The maximum Gasteiger partial charge on any atom is 0.261 e. The third-order valence-corrected chi connectivity index (χ3v) is 11.8. The molecule has 0 spiro atoms. The van der Waals surface area contributed by atoms with Crippen molar-refractivity contribution in [2.75, 3.05) is 23.3 Å². The van der Waals surface area contributed by atoms with Crippen LogP contribution in [0.1, 0.15) is 102 Å². The van der Waals surface area contributed by atoms with Crippen molar-refractivity contribution in [3.05, 3.63) is 59.7 Å². The number of amides is 2. The third kappa shape index (κ3) is 5.84. The zero-order valence-corrected chi connectivity index (χ0v) is 30.6. The Balaban J connectivity index is 1.16. The molecule has 0 unspecified atom stereocenters. The van der Waals surface area contributed by atoms with E-state index >= 15 is 8.78 Å². The van der Waals surface area contributed by atoms with Crippen molar-refractivity contribution < 1.29 is 27.2 Å². The normalized spacial score (nSPS) is 23.4. The van der Waals surface area contributed by atoms with Gasteiger partial charge in [0, 0.05) is 34.9 Å². The van der Waals surface area contributed by atoms with Gasteiger partial charge in [0.25, 0.3) is 12.3 Å². The van der Waals surface area contributed by atoms with Gasteiger partial charge in [0.05, 0.1) is 40.0 Å². The van der Waals surface area contributed by atoms with Gasteiger partial charge in [-0.25, -0.2) is 27.5 Å². The molecule has 0 bridgehead atoms. The zero-order valence-electron chi connectivity index (χ0n) is 30.6. The van der Waals surface area contributed by atoms with Crippen LogP contribution in [0.3, 0.4) is 0 Å². The van der Waals surface area contributed by atoms with E-state index in [1.807, 2.05) is 43.2 Å². The summed E-state index contributed by atoms with van der Waals surface area (Å²) in [6.45, 7) is 12.1. The third-order valence-electron chi connectivity index (χ3n) is 11.8. The topological polar surface area (TPSA) is 108 Å². The number of hydrogen-bond acceptors (Lipinski definition) is 7. The molecule has 1 aromatic carbocycles. The predicted molar refractivity (Wildman–Crippen MR) is 194 cm³/mol. The highest BCUT2D eigenvalue weighted by Crippen LogP contribution is 2.50. The molecular weight excluding hydrogens is 688 g/mol. The summed E-state index contributed by atoms with van der Waals surface area (Å²) in [7, 11) is 0. The number of fused-ring (bicyclic) bond motifs is 2. The van der Waals surface area contributed by atoms with Gasteiger partial charge in [-0.2, -0.15) is 0 Å². The number of nitrogens with one attached hydrogen (secondary N) is 2. The summed E-state index contributed by atoms with van der Waals surface area (Å²) in [5, 5.41) is 5.20. The van der Waals surface area contributed by atoms with E-state index in [0.29, 0.717) is 34.1 Å². The zero-order chi connectivity index (χ0) is 37.6. The Morgan fingerprint density at radius 3 is 2.36 bits per heavy atom. The average molecular weight is 733 g/mol. The molecule has 3 fully saturated rings. The van der Waals surface area contributed by atoms with E-state index < -0.39 is 40.6 Å². The Kier molecular flexibility index (Phi) is 8.35. The fourth-order valence-corrected chi connectivity index (χ4v) is 8.42. The number of imidazole rings is 1. The van der Waals surface area contributed by atoms with Crippen LogP contribution in [0.2, 0.25) is 0 Å². The number of hydrogen-bond donors (Lipinski definition) is 2. The second kappa shape index (κ2) is 12.5. The lowest BCUT2D eigenvalue weighted by molar-refractivity contribution is -0.123. The first kappa shape index (κ1) is 35.4. The van der Waals surface area contributed by atoms with E-state index in [9.17, 15) is 18.4 Å². The van der Waals surface area contributed by atoms with Crippen molar-refractivity contribution in [3.63, 3.8) is 0 Å². The highest BCUT2D eigenvalue weighted by Gasteiger charge is 2.55. The van der Waals surface area contributed by atoms with Crippen LogP contribution in [0.25, 0.3) is 22.3 Å². The molecule has 2 aliphatic carbocycles. The van der Waals surface area contributed by atoms with Crippen LogP contribution < -0.4 is 15.5 Å². The summed E-state index contributed by atoms with van der Waals surface area (Å²) in [6.07, 6.45) is 6.07. The van der Waals surface area contributed by atoms with Gasteiger partial charge in [0.1, 0.15) is 11.1 Å². The molecule has 2 N–H and O–H groups in total. The van der Waals surface area contributed by atoms with Crippen molar-refractivity contribution in [3.8, 4) is 11.3 Å². The number of nitrogens with zero attached hydrogens (tertiary/aromatic N) is 6. The second-order valence-corrected chi connectivity index (χ2v) is 16.3. The smallest absolute Gasteiger partial charge is 0.261 e. The van der Waals surface area contributed by atoms with Crippen LogP contribution in [-0.2, 0) is 10.2 Å². The number of benzene rings is 1. The summed E-state index contributed by atoms with van der Waals surface area (Å²) >= 11 is 0. The fourth-order valence-electron chi connectivity index (χ4n) is 8.42. The molecule has 3 aromatic heterocycles. The molecular formula is C39H44F4N8O2. The van der Waals surface area contributed by atoms with Crippen molar-refractivity contribution >= 4 is 40.0 Å². The minimum atomic E-state index is -2.79. The van der Waals surface area contributed by atoms with Crippen LogP contribution in [0.15, 0.2) is 36.8 Å². The fraction of sp³-hybridized carbons (Fsp3) is 0.513. The molecule has 0 atom stereocenters. The Hall–Kier alpha value is -4.59. The van der Waals surface area contributed by atoms with Crippen molar-refractivity contribution in [1.29, 1.82) is 0 Å². The standard InChI is InChI=1S/C39H44F4N8O2/c1-21(2)50-20-45-28-16-26(46-33(31(28)50)47-27-14-22(13-25(40)30(27)41)34(52)48-39(9-10-39)35(42)43)23-15-29-32(44-19-23)37(3,4)36(53)51(29)24-17-38(5,18-24)49-11-7-6-8-12-49/h13-16,19-21,24,35H,6-12,17-18H2,1-5H3,(H,46,47)(H,48,52). The summed E-state index contributed by atoms with van der Waals surface area (Å²) in [4.78, 5) is 45.8. The highest BCUT2D eigenvalue weighted by molar-refractivity contribution is 6.08. The van der Waals surface area contributed by atoms with Crippen LogP contribution >= 0.6 is 0 Å². The van der Waals surface area contributed by atoms with Crippen molar-refractivity contribution in [2.24, 2.45) is 0 Å². The molecule has 8 rings (SSSR count). The number of piperidine rings is 1. The molecule has 2 amide bonds. The minimum Gasteiger partial charge on any atom is -0.341 e. The lowest BCUT2D eigenvalue weighted by Crippen LogP contribution is -2.64. The Labute approximate surface area is 305 Å². The Morgan fingerprint density at radius 2 is 1.70 bits per heavy atom.